The van der Waals surface area contributed by atoms with Crippen LogP contribution in [0.25, 0.3) is 0 Å². The number of nitrogens with one attached hydrogen (secondary N) is 1. The lowest BCUT2D eigenvalue weighted by Gasteiger charge is -2.44. The molecule has 0 bridgehead atoms. The Morgan fingerprint density at radius 2 is 2.11 bits per heavy atom. The van der Waals surface area contributed by atoms with Crippen LogP contribution in [0, 0.1) is 11.6 Å². The summed E-state index contributed by atoms with van der Waals surface area (Å²) in [6.07, 6.45) is 0.746. The fourth-order valence-corrected chi connectivity index (χ4v) is 2.87. The molecular formula is C14H17F2NO2. The van der Waals surface area contributed by atoms with Gasteiger partial charge in [-0.2, -0.15) is 0 Å². The van der Waals surface area contributed by atoms with Crippen LogP contribution in [-0.2, 0) is 14.9 Å². The molecule has 2 heterocycles. The topological polar surface area (TPSA) is 30.5 Å². The minimum Gasteiger partial charge on any atom is -0.379 e. The molecule has 0 radical (unpaired) electrons. The molecule has 104 valence electrons. The standard InChI is InChI=1S/C14H17F2NO2/c15-10-1-2-12(13(16)5-10)14(8-19-9-14)6-11-7-18-4-3-17-11/h1-2,5,11,17H,3-4,6-9H2. The van der Waals surface area contributed by atoms with Gasteiger partial charge in [-0.1, -0.05) is 6.07 Å². The van der Waals surface area contributed by atoms with Crippen molar-refractivity contribution in [1.82, 2.24) is 5.32 Å². The fourth-order valence-electron chi connectivity index (χ4n) is 2.87. The quantitative estimate of drug-likeness (QED) is 0.904. The average Bonchev–Trinajstić information content (AvgIpc) is 2.36. The minimum atomic E-state index is -0.546. The number of morpholine rings is 1. The highest BCUT2D eigenvalue weighted by molar-refractivity contribution is 5.30. The summed E-state index contributed by atoms with van der Waals surface area (Å²) >= 11 is 0. The highest BCUT2D eigenvalue weighted by Crippen LogP contribution is 2.38. The molecule has 5 heteroatoms. The molecule has 0 aromatic heterocycles. The SMILES string of the molecule is Fc1ccc(C2(CC3COCCN3)COC2)c(F)c1. The van der Waals surface area contributed by atoms with Gasteiger partial charge in [-0.15, -0.1) is 0 Å². The predicted molar refractivity (Wildman–Crippen MR) is 66.1 cm³/mol. The summed E-state index contributed by atoms with van der Waals surface area (Å²) in [4.78, 5) is 0. The van der Waals surface area contributed by atoms with Gasteiger partial charge in [0.25, 0.3) is 0 Å². The smallest absolute Gasteiger partial charge is 0.130 e. The minimum absolute atomic E-state index is 0.196. The van der Waals surface area contributed by atoms with Crippen molar-refractivity contribution in [1.29, 1.82) is 0 Å². The fraction of sp³-hybridized carbons (Fsp3) is 0.571. The summed E-state index contributed by atoms with van der Waals surface area (Å²) in [5.41, 5.74) is 0.198. The maximum Gasteiger partial charge on any atom is 0.130 e. The first-order chi connectivity index (χ1) is 9.20. The van der Waals surface area contributed by atoms with E-state index < -0.39 is 11.6 Å². The van der Waals surface area contributed by atoms with Gasteiger partial charge in [0.15, 0.2) is 0 Å². The Kier molecular flexibility index (Phi) is 3.52. The van der Waals surface area contributed by atoms with Gasteiger partial charge < -0.3 is 14.8 Å². The molecule has 1 unspecified atom stereocenters. The Hall–Kier alpha value is -1.04. The lowest BCUT2D eigenvalue weighted by Crippen LogP contribution is -2.54. The lowest BCUT2D eigenvalue weighted by atomic mass is 9.73. The number of hydrogen-bond donors (Lipinski definition) is 1. The Labute approximate surface area is 110 Å². The Morgan fingerprint density at radius 3 is 2.68 bits per heavy atom. The second-order valence-corrected chi connectivity index (χ2v) is 5.33. The van der Waals surface area contributed by atoms with Gasteiger partial charge in [0.05, 0.1) is 26.4 Å². The van der Waals surface area contributed by atoms with Crippen LogP contribution in [0.5, 0.6) is 0 Å². The zero-order chi connectivity index (χ0) is 13.3. The van der Waals surface area contributed by atoms with Gasteiger partial charge in [0.1, 0.15) is 11.6 Å². The van der Waals surface area contributed by atoms with Gasteiger partial charge in [-0.05, 0) is 18.1 Å². The van der Waals surface area contributed by atoms with E-state index in [1.54, 1.807) is 0 Å². The van der Waals surface area contributed by atoms with E-state index in [2.05, 4.69) is 5.32 Å². The van der Waals surface area contributed by atoms with Crippen LogP contribution in [0.1, 0.15) is 12.0 Å². The molecule has 0 aliphatic carbocycles. The first-order valence-corrected chi connectivity index (χ1v) is 6.54. The number of ether oxygens (including phenoxy) is 2. The molecule has 1 atom stereocenters. The monoisotopic (exact) mass is 269 g/mol. The van der Waals surface area contributed by atoms with E-state index in [0.29, 0.717) is 32.0 Å². The number of rotatable bonds is 3. The van der Waals surface area contributed by atoms with E-state index in [9.17, 15) is 8.78 Å². The second-order valence-electron chi connectivity index (χ2n) is 5.33. The molecule has 3 nitrogen and oxygen atoms in total. The molecule has 1 aromatic carbocycles. The molecule has 2 saturated heterocycles. The molecule has 1 N–H and O–H groups in total. The van der Waals surface area contributed by atoms with E-state index in [1.165, 1.54) is 12.1 Å². The van der Waals surface area contributed by atoms with E-state index >= 15 is 0 Å². The molecule has 3 rings (SSSR count). The first-order valence-electron chi connectivity index (χ1n) is 6.54. The zero-order valence-corrected chi connectivity index (χ0v) is 10.6. The highest BCUT2D eigenvalue weighted by Gasteiger charge is 2.44. The molecule has 2 fully saturated rings. The molecule has 0 amide bonds. The van der Waals surface area contributed by atoms with E-state index in [4.69, 9.17) is 9.47 Å². The summed E-state index contributed by atoms with van der Waals surface area (Å²) in [5.74, 6) is -1.03. The number of hydrogen-bond acceptors (Lipinski definition) is 3. The van der Waals surface area contributed by atoms with Crippen LogP contribution in [-0.4, -0.2) is 39.0 Å². The number of halogens is 2. The average molecular weight is 269 g/mol. The van der Waals surface area contributed by atoms with Crippen LogP contribution in [0.3, 0.4) is 0 Å². The molecule has 2 aliphatic rings. The summed E-state index contributed by atoms with van der Waals surface area (Å²) < 4.78 is 37.7. The molecule has 0 spiro atoms. The molecule has 1 aromatic rings. The van der Waals surface area contributed by atoms with Crippen molar-refractivity contribution < 1.29 is 18.3 Å². The van der Waals surface area contributed by atoms with Gasteiger partial charge in [-0.25, -0.2) is 8.78 Å². The highest BCUT2D eigenvalue weighted by atomic mass is 19.1. The third kappa shape index (κ3) is 2.50. The van der Waals surface area contributed by atoms with Crippen molar-refractivity contribution in [2.75, 3.05) is 33.0 Å². The second kappa shape index (κ2) is 5.15. The van der Waals surface area contributed by atoms with Crippen molar-refractivity contribution in [3.8, 4) is 0 Å². The molecule has 19 heavy (non-hydrogen) atoms. The van der Waals surface area contributed by atoms with Crippen molar-refractivity contribution in [3.63, 3.8) is 0 Å². The molecule has 0 saturated carbocycles. The van der Waals surface area contributed by atoms with E-state index in [0.717, 1.165) is 19.0 Å². The maximum absolute atomic E-state index is 14.0. The van der Waals surface area contributed by atoms with Gasteiger partial charge in [0, 0.05) is 24.1 Å². The summed E-state index contributed by atoms with van der Waals surface area (Å²) in [7, 11) is 0. The first kappa shape index (κ1) is 13.0. The van der Waals surface area contributed by atoms with Gasteiger partial charge in [0.2, 0.25) is 0 Å². The predicted octanol–water partition coefficient (Wildman–Crippen LogP) is 1.61. The Bertz CT molecular complexity index is 457. The van der Waals surface area contributed by atoms with Gasteiger partial charge >= 0.3 is 0 Å². The van der Waals surface area contributed by atoms with Crippen molar-refractivity contribution in [2.24, 2.45) is 0 Å². The van der Waals surface area contributed by atoms with Crippen molar-refractivity contribution >= 4 is 0 Å². The zero-order valence-electron chi connectivity index (χ0n) is 10.6. The van der Waals surface area contributed by atoms with E-state index in [1.807, 2.05) is 0 Å². The third-order valence-electron chi connectivity index (χ3n) is 3.89. The van der Waals surface area contributed by atoms with Gasteiger partial charge in [-0.3, -0.25) is 0 Å². The molecule has 2 aliphatic heterocycles. The van der Waals surface area contributed by atoms with Crippen molar-refractivity contribution in [3.05, 3.63) is 35.4 Å². The van der Waals surface area contributed by atoms with Crippen LogP contribution in [0.2, 0.25) is 0 Å². The summed E-state index contributed by atoms with van der Waals surface area (Å²) in [5, 5.41) is 3.37. The molecular weight excluding hydrogens is 252 g/mol. The largest absolute Gasteiger partial charge is 0.379 e. The van der Waals surface area contributed by atoms with E-state index in [-0.39, 0.29) is 11.5 Å². The van der Waals surface area contributed by atoms with Crippen LogP contribution in [0.15, 0.2) is 18.2 Å². The van der Waals surface area contributed by atoms with Crippen molar-refractivity contribution in [2.45, 2.75) is 17.9 Å². The van der Waals surface area contributed by atoms with Crippen LogP contribution < -0.4 is 5.32 Å². The summed E-state index contributed by atoms with van der Waals surface area (Å²) in [6, 6.07) is 3.99. The Morgan fingerprint density at radius 1 is 1.26 bits per heavy atom. The van der Waals surface area contributed by atoms with Crippen LogP contribution in [0.4, 0.5) is 8.78 Å². The third-order valence-corrected chi connectivity index (χ3v) is 3.89. The van der Waals surface area contributed by atoms with Crippen LogP contribution >= 0.6 is 0 Å². The maximum atomic E-state index is 14.0. The number of benzene rings is 1. The Balaban J connectivity index is 1.81. The normalized spacial score (nSPS) is 25.9. The summed E-state index contributed by atoms with van der Waals surface area (Å²) in [6.45, 7) is 3.12. The lowest BCUT2D eigenvalue weighted by molar-refractivity contribution is -0.0768.